The van der Waals surface area contributed by atoms with Crippen LogP contribution in [0.4, 0.5) is 10.1 Å². The van der Waals surface area contributed by atoms with Gasteiger partial charge in [0.1, 0.15) is 22.9 Å². The summed E-state index contributed by atoms with van der Waals surface area (Å²) in [5.41, 5.74) is -4.54. The minimum atomic E-state index is -2.71. The van der Waals surface area contributed by atoms with Crippen LogP contribution < -0.4 is 5.32 Å². The second-order valence-corrected chi connectivity index (χ2v) is 11.3. The molecule has 1 saturated heterocycles. The summed E-state index contributed by atoms with van der Waals surface area (Å²) in [7, 11) is 3.06. The van der Waals surface area contributed by atoms with Crippen LogP contribution in [-0.4, -0.2) is 98.9 Å². The van der Waals surface area contributed by atoms with Crippen LogP contribution in [0.2, 0.25) is 0 Å². The minimum absolute atomic E-state index is 0.0377. The van der Waals surface area contributed by atoms with Crippen LogP contribution >= 0.6 is 0 Å². The van der Waals surface area contributed by atoms with E-state index in [4.69, 9.17) is 0 Å². The van der Waals surface area contributed by atoms with Gasteiger partial charge in [0.2, 0.25) is 11.7 Å². The molecule has 2 unspecified atom stereocenters. The number of rotatable bonds is 5. The van der Waals surface area contributed by atoms with Gasteiger partial charge in [0.05, 0.1) is 23.8 Å². The summed E-state index contributed by atoms with van der Waals surface area (Å²) in [6, 6.07) is -0.198. The first kappa shape index (κ1) is 27.9. The number of Topliss-reactive ketones (excluding diaryl/α,β-unsaturated/α-hetero) is 3. The van der Waals surface area contributed by atoms with E-state index in [-0.39, 0.29) is 36.2 Å². The number of likely N-dealkylation sites (tertiary alicyclic amines) is 1. The molecule has 12 heteroatoms. The number of phenolic OH excluding ortho intramolecular Hbond substituents is 1. The van der Waals surface area contributed by atoms with E-state index in [1.54, 1.807) is 0 Å². The Hall–Kier alpha value is -3.61. The lowest BCUT2D eigenvalue weighted by atomic mass is 9.57. The lowest BCUT2D eigenvalue weighted by molar-refractivity contribution is -0.153. The van der Waals surface area contributed by atoms with E-state index in [0.29, 0.717) is 0 Å². The number of nitrogens with zero attached hydrogens (tertiary/aromatic N) is 2. The normalized spacial score (nSPS) is 28.5. The molecule has 1 amide bonds. The van der Waals surface area contributed by atoms with Crippen molar-refractivity contribution in [2.45, 2.75) is 44.2 Å². The van der Waals surface area contributed by atoms with Gasteiger partial charge in [0, 0.05) is 23.1 Å². The summed E-state index contributed by atoms with van der Waals surface area (Å²) in [6.07, 6.45) is 1.64. The topological polar surface area (TPSA) is 168 Å². The zero-order chi connectivity index (χ0) is 29.3. The number of aliphatic hydroxyl groups is 3. The van der Waals surface area contributed by atoms with E-state index >= 15 is 4.39 Å². The van der Waals surface area contributed by atoms with Crippen LogP contribution in [-0.2, 0) is 25.6 Å². The number of halogens is 1. The van der Waals surface area contributed by atoms with Crippen molar-refractivity contribution in [3.8, 4) is 5.75 Å². The van der Waals surface area contributed by atoms with E-state index in [9.17, 15) is 39.6 Å². The molecule has 3 aliphatic carbocycles. The molecule has 0 radical (unpaired) electrons. The summed E-state index contributed by atoms with van der Waals surface area (Å²) < 4.78 is 15.4. The third kappa shape index (κ3) is 4.04. The fourth-order valence-corrected chi connectivity index (χ4v) is 6.80. The van der Waals surface area contributed by atoms with Gasteiger partial charge in [-0.3, -0.25) is 29.0 Å². The van der Waals surface area contributed by atoms with Gasteiger partial charge in [0.25, 0.3) is 0 Å². The Labute approximate surface area is 229 Å². The summed E-state index contributed by atoms with van der Waals surface area (Å²) in [4.78, 5) is 55.3. The average molecular weight is 558 g/mol. The molecule has 2 fully saturated rings. The molecule has 1 aliphatic heterocycles. The number of anilines is 1. The fourth-order valence-electron chi connectivity index (χ4n) is 6.80. The summed E-state index contributed by atoms with van der Waals surface area (Å²) in [5.74, 6) is -8.63. The monoisotopic (exact) mass is 557 g/mol. The molecule has 5 N–H and O–H groups in total. The van der Waals surface area contributed by atoms with Crippen molar-refractivity contribution >= 4 is 34.7 Å². The minimum Gasteiger partial charge on any atom is -0.508 e. The quantitative estimate of drug-likeness (QED) is 0.262. The van der Waals surface area contributed by atoms with E-state index in [0.717, 1.165) is 38.9 Å². The van der Waals surface area contributed by atoms with E-state index < -0.39 is 81.0 Å². The van der Waals surface area contributed by atoms with Gasteiger partial charge < -0.3 is 25.7 Å². The van der Waals surface area contributed by atoms with Gasteiger partial charge in [-0.15, -0.1) is 0 Å². The van der Waals surface area contributed by atoms with Crippen LogP contribution in [0.1, 0.15) is 37.3 Å². The third-order valence-electron chi connectivity index (χ3n) is 8.61. The Balaban J connectivity index is 1.60. The molecule has 40 heavy (non-hydrogen) atoms. The summed E-state index contributed by atoms with van der Waals surface area (Å²) in [5, 5.41) is 47.4. The fraction of sp³-hybridized carbons (Fsp3) is 0.500. The average Bonchev–Trinajstić information content (AvgIpc) is 3.37. The molecule has 0 aromatic heterocycles. The van der Waals surface area contributed by atoms with E-state index in [1.165, 1.54) is 19.0 Å². The Morgan fingerprint density at radius 1 is 1.18 bits per heavy atom. The predicted molar refractivity (Wildman–Crippen MR) is 140 cm³/mol. The number of nitrogens with one attached hydrogen (secondary N) is 1. The highest BCUT2D eigenvalue weighted by Crippen LogP contribution is 2.53. The molecule has 214 valence electrons. The number of fused-ring (bicyclic) bond motifs is 3. The summed E-state index contributed by atoms with van der Waals surface area (Å²) in [6.45, 7) is 2.55. The number of phenols is 1. The molecular formula is C28H32FN3O8. The highest BCUT2D eigenvalue weighted by Gasteiger charge is 2.64. The number of carbonyl (C=O) groups is 4. The molecule has 1 heterocycles. The van der Waals surface area contributed by atoms with Gasteiger partial charge >= 0.3 is 0 Å². The first-order valence-electron chi connectivity index (χ1n) is 13.2. The van der Waals surface area contributed by atoms with Crippen molar-refractivity contribution in [1.29, 1.82) is 0 Å². The highest BCUT2D eigenvalue weighted by atomic mass is 19.1. The number of aliphatic hydroxyl groups excluding tert-OH is 2. The standard InChI is InChI=1S/C28H32FN3O8/c1-12(33)19-25(37)22(31(2)3)15-9-13-8-14-16(29)10-17(30-18(34)11-32-6-4-5-7-32)23(35)21(14)24(36)20(13)27(39)28(15,40)26(19)38/h10,13,15,22,35-36,38,40H,4-9,11H2,1-3H3,(H,30,34)/t13?,15?,22-,28+/m0/s1. The molecule has 0 bridgehead atoms. The Kier molecular flexibility index (Phi) is 6.84. The zero-order valence-electron chi connectivity index (χ0n) is 22.5. The number of amides is 1. The van der Waals surface area contributed by atoms with Gasteiger partial charge in [-0.1, -0.05) is 0 Å². The van der Waals surface area contributed by atoms with Crippen molar-refractivity contribution in [3.63, 3.8) is 0 Å². The lowest BCUT2D eigenvalue weighted by Gasteiger charge is -2.50. The van der Waals surface area contributed by atoms with Gasteiger partial charge in [0.15, 0.2) is 22.9 Å². The van der Waals surface area contributed by atoms with Crippen LogP contribution in [0, 0.1) is 17.7 Å². The van der Waals surface area contributed by atoms with Crippen molar-refractivity contribution < 1.29 is 44.0 Å². The maximum Gasteiger partial charge on any atom is 0.238 e. The molecule has 1 saturated carbocycles. The number of benzene rings is 1. The van der Waals surface area contributed by atoms with Crippen molar-refractivity contribution in [1.82, 2.24) is 9.80 Å². The summed E-state index contributed by atoms with van der Waals surface area (Å²) >= 11 is 0. The molecule has 4 aliphatic rings. The van der Waals surface area contributed by atoms with E-state index in [1.807, 2.05) is 4.90 Å². The third-order valence-corrected chi connectivity index (χ3v) is 8.61. The lowest BCUT2D eigenvalue weighted by Crippen LogP contribution is -2.65. The molecular weight excluding hydrogens is 525 g/mol. The van der Waals surface area contributed by atoms with Gasteiger partial charge in [-0.05, 0) is 65.7 Å². The maximum absolute atomic E-state index is 15.4. The second kappa shape index (κ2) is 9.79. The van der Waals surface area contributed by atoms with E-state index in [2.05, 4.69) is 5.32 Å². The first-order chi connectivity index (χ1) is 18.8. The zero-order valence-corrected chi connectivity index (χ0v) is 22.5. The van der Waals surface area contributed by atoms with Crippen LogP contribution in [0.15, 0.2) is 23.0 Å². The maximum atomic E-state index is 15.4. The van der Waals surface area contributed by atoms with Crippen molar-refractivity contribution in [2.75, 3.05) is 39.0 Å². The number of hydrogen-bond donors (Lipinski definition) is 5. The second-order valence-electron chi connectivity index (χ2n) is 11.3. The van der Waals surface area contributed by atoms with Crippen molar-refractivity contribution in [2.24, 2.45) is 11.8 Å². The molecule has 11 nitrogen and oxygen atoms in total. The first-order valence-corrected chi connectivity index (χ1v) is 13.2. The highest BCUT2D eigenvalue weighted by molar-refractivity contribution is 6.25. The smallest absolute Gasteiger partial charge is 0.238 e. The number of ketones is 3. The van der Waals surface area contributed by atoms with Crippen LogP contribution in [0.25, 0.3) is 5.76 Å². The number of hydrogen-bond acceptors (Lipinski definition) is 10. The number of carbonyl (C=O) groups excluding carboxylic acids is 4. The molecule has 4 atom stereocenters. The van der Waals surface area contributed by atoms with Crippen molar-refractivity contribution in [3.05, 3.63) is 39.9 Å². The Bertz CT molecular complexity index is 1410. The van der Waals surface area contributed by atoms with Crippen LogP contribution in [0.3, 0.4) is 0 Å². The van der Waals surface area contributed by atoms with Gasteiger partial charge in [-0.2, -0.15) is 0 Å². The Morgan fingerprint density at radius 3 is 2.42 bits per heavy atom. The molecule has 1 aromatic carbocycles. The number of likely N-dealkylation sites (N-methyl/N-ethyl adjacent to an activating group) is 1. The SMILES string of the molecule is CC(=O)C1=C(O)[C@@]2(O)C(=O)C3=C(O)c4c(O)c(NC(=O)CN5CCCC5)cc(F)c4CC3CC2[C@H](N(C)C)C1=O. The predicted octanol–water partition coefficient (Wildman–Crippen LogP) is 1.24. The van der Waals surface area contributed by atoms with Gasteiger partial charge in [-0.25, -0.2) is 4.39 Å². The molecule has 0 spiro atoms. The molecule has 1 aromatic rings. The van der Waals surface area contributed by atoms with Crippen LogP contribution in [0.5, 0.6) is 5.75 Å². The largest absolute Gasteiger partial charge is 0.508 e. The molecule has 5 rings (SSSR count). The number of aromatic hydroxyl groups is 1. The Morgan fingerprint density at radius 2 is 1.82 bits per heavy atom.